The fourth-order valence-electron chi connectivity index (χ4n) is 1.90. The van der Waals surface area contributed by atoms with Crippen molar-refractivity contribution in [2.75, 3.05) is 18.1 Å². The normalized spacial score (nSPS) is 10.7. The highest BCUT2D eigenvalue weighted by Crippen LogP contribution is 2.16. The van der Waals surface area contributed by atoms with E-state index in [1.165, 1.54) is 12.4 Å². The first-order chi connectivity index (χ1) is 8.63. The quantitative estimate of drug-likeness (QED) is 0.758. The van der Waals surface area contributed by atoms with Crippen LogP contribution in [0.25, 0.3) is 0 Å². The van der Waals surface area contributed by atoms with E-state index in [1.54, 1.807) is 0 Å². The van der Waals surface area contributed by atoms with Crippen LogP contribution in [0.3, 0.4) is 0 Å². The topological polar surface area (TPSA) is 86.5 Å². The van der Waals surface area contributed by atoms with Gasteiger partial charge in [-0.1, -0.05) is 13.8 Å². The van der Waals surface area contributed by atoms with E-state index in [9.17, 15) is 4.79 Å². The Balaban J connectivity index is 2.94. The summed E-state index contributed by atoms with van der Waals surface area (Å²) in [6, 6.07) is 0.266. The highest BCUT2D eigenvalue weighted by molar-refractivity contribution is 5.84. The van der Waals surface area contributed by atoms with Gasteiger partial charge in [-0.15, -0.1) is 0 Å². The fourth-order valence-corrected chi connectivity index (χ4v) is 1.90. The molecule has 0 unspecified atom stereocenters. The van der Waals surface area contributed by atoms with Gasteiger partial charge in [-0.05, 0) is 12.8 Å². The number of hydrogen-bond acceptors (Lipinski definition) is 5. The summed E-state index contributed by atoms with van der Waals surface area (Å²) in [6.07, 6.45) is 4.54. The third-order valence-electron chi connectivity index (χ3n) is 2.88. The molecule has 0 saturated heterocycles. The zero-order valence-corrected chi connectivity index (χ0v) is 10.7. The molecule has 100 valence electrons. The lowest BCUT2D eigenvalue weighted by molar-refractivity contribution is 0.0690. The lowest BCUT2D eigenvalue weighted by atomic mass is 10.1. The molecule has 0 atom stereocenters. The minimum absolute atomic E-state index is 0.0266. The number of rotatable bonds is 7. The van der Waals surface area contributed by atoms with Crippen LogP contribution < -0.4 is 4.90 Å². The maximum Gasteiger partial charge on any atom is 0.356 e. The Morgan fingerprint density at radius 2 is 2.00 bits per heavy atom. The van der Waals surface area contributed by atoms with Gasteiger partial charge in [0.05, 0.1) is 19.0 Å². The van der Waals surface area contributed by atoms with Gasteiger partial charge in [0.25, 0.3) is 0 Å². The first-order valence-corrected chi connectivity index (χ1v) is 6.06. The molecule has 1 aromatic heterocycles. The van der Waals surface area contributed by atoms with E-state index in [2.05, 4.69) is 23.8 Å². The molecule has 0 radical (unpaired) electrons. The molecule has 0 aliphatic heterocycles. The van der Waals surface area contributed by atoms with Crippen LogP contribution >= 0.6 is 0 Å². The Labute approximate surface area is 106 Å². The second-order valence-electron chi connectivity index (χ2n) is 3.95. The van der Waals surface area contributed by atoms with E-state index in [4.69, 9.17) is 10.2 Å². The molecule has 0 bridgehead atoms. The molecule has 0 aliphatic rings. The van der Waals surface area contributed by atoms with Crippen LogP contribution in [0.15, 0.2) is 12.4 Å². The van der Waals surface area contributed by atoms with Crippen molar-refractivity contribution < 1.29 is 15.0 Å². The van der Waals surface area contributed by atoms with Crippen LogP contribution in [-0.2, 0) is 0 Å². The van der Waals surface area contributed by atoms with Gasteiger partial charge in [0.15, 0.2) is 5.69 Å². The van der Waals surface area contributed by atoms with Crippen LogP contribution in [0.5, 0.6) is 0 Å². The summed E-state index contributed by atoms with van der Waals surface area (Å²) in [4.78, 5) is 20.6. The minimum atomic E-state index is -1.09. The lowest BCUT2D eigenvalue weighted by Crippen LogP contribution is -2.37. The molecule has 0 fully saturated rings. The van der Waals surface area contributed by atoms with Gasteiger partial charge in [0.1, 0.15) is 5.82 Å². The van der Waals surface area contributed by atoms with Crippen molar-refractivity contribution in [3.05, 3.63) is 18.1 Å². The fraction of sp³-hybridized carbons (Fsp3) is 0.583. The van der Waals surface area contributed by atoms with Crippen molar-refractivity contribution in [3.63, 3.8) is 0 Å². The van der Waals surface area contributed by atoms with Crippen molar-refractivity contribution in [3.8, 4) is 0 Å². The van der Waals surface area contributed by atoms with E-state index < -0.39 is 5.97 Å². The van der Waals surface area contributed by atoms with Gasteiger partial charge in [0.2, 0.25) is 0 Å². The summed E-state index contributed by atoms with van der Waals surface area (Å²) >= 11 is 0. The number of aromatic nitrogens is 2. The number of aliphatic hydroxyl groups excluding tert-OH is 1. The Morgan fingerprint density at radius 3 is 2.39 bits per heavy atom. The highest BCUT2D eigenvalue weighted by atomic mass is 16.4. The first-order valence-electron chi connectivity index (χ1n) is 6.06. The maximum atomic E-state index is 10.7. The molecule has 6 heteroatoms. The summed E-state index contributed by atoms with van der Waals surface area (Å²) < 4.78 is 0. The third-order valence-corrected chi connectivity index (χ3v) is 2.88. The van der Waals surface area contributed by atoms with Gasteiger partial charge in [-0.2, -0.15) is 0 Å². The number of hydrogen-bond donors (Lipinski definition) is 2. The van der Waals surface area contributed by atoms with Gasteiger partial charge >= 0.3 is 5.97 Å². The summed E-state index contributed by atoms with van der Waals surface area (Å²) in [5, 5.41) is 17.9. The molecule has 1 rings (SSSR count). The molecule has 0 saturated carbocycles. The Hall–Kier alpha value is -1.69. The lowest BCUT2D eigenvalue weighted by Gasteiger charge is -2.30. The van der Waals surface area contributed by atoms with Crippen LogP contribution in [0.4, 0.5) is 5.82 Å². The van der Waals surface area contributed by atoms with Crippen LogP contribution in [-0.4, -0.2) is 45.3 Å². The van der Waals surface area contributed by atoms with Gasteiger partial charge < -0.3 is 15.1 Å². The van der Waals surface area contributed by atoms with Crippen LogP contribution in [0, 0.1) is 0 Å². The molecule has 2 N–H and O–H groups in total. The Bertz CT molecular complexity index is 377. The average molecular weight is 253 g/mol. The molecular weight excluding hydrogens is 234 g/mol. The molecule has 6 nitrogen and oxygen atoms in total. The number of nitrogens with zero attached hydrogens (tertiary/aromatic N) is 3. The average Bonchev–Trinajstić information content (AvgIpc) is 2.39. The van der Waals surface area contributed by atoms with E-state index in [0.717, 1.165) is 12.8 Å². The second-order valence-corrected chi connectivity index (χ2v) is 3.95. The van der Waals surface area contributed by atoms with Crippen molar-refractivity contribution in [2.24, 2.45) is 0 Å². The van der Waals surface area contributed by atoms with Crippen LogP contribution in [0.2, 0.25) is 0 Å². The predicted molar refractivity (Wildman–Crippen MR) is 67.8 cm³/mol. The first kappa shape index (κ1) is 14.4. The number of anilines is 1. The van der Waals surface area contributed by atoms with E-state index in [-0.39, 0.29) is 18.3 Å². The highest BCUT2D eigenvalue weighted by Gasteiger charge is 2.17. The minimum Gasteiger partial charge on any atom is -0.476 e. The van der Waals surface area contributed by atoms with Gasteiger partial charge in [-0.3, -0.25) is 0 Å². The second kappa shape index (κ2) is 6.90. The number of carbonyl (C=O) groups is 1. The van der Waals surface area contributed by atoms with Crippen LogP contribution in [0.1, 0.15) is 37.2 Å². The van der Waals surface area contributed by atoms with Crippen molar-refractivity contribution >= 4 is 11.8 Å². The predicted octanol–water partition coefficient (Wildman–Crippen LogP) is 1.16. The largest absolute Gasteiger partial charge is 0.476 e. The van der Waals surface area contributed by atoms with Crippen molar-refractivity contribution in [1.29, 1.82) is 0 Å². The molecule has 0 amide bonds. The van der Waals surface area contributed by atoms with E-state index in [1.807, 2.05) is 4.90 Å². The van der Waals surface area contributed by atoms with Gasteiger partial charge in [0, 0.05) is 12.6 Å². The summed E-state index contributed by atoms with van der Waals surface area (Å²) in [5.74, 6) is -0.493. The van der Waals surface area contributed by atoms with Crippen molar-refractivity contribution in [1.82, 2.24) is 9.97 Å². The van der Waals surface area contributed by atoms with E-state index >= 15 is 0 Å². The molecule has 18 heavy (non-hydrogen) atoms. The number of aliphatic hydroxyl groups is 1. The molecule has 1 heterocycles. The molecule has 0 aliphatic carbocycles. The number of carboxylic acid groups (broad SMARTS) is 1. The Morgan fingerprint density at radius 1 is 1.33 bits per heavy atom. The Kier molecular flexibility index (Phi) is 5.51. The number of aromatic carboxylic acids is 1. The number of carboxylic acids is 1. The summed E-state index contributed by atoms with van der Waals surface area (Å²) in [6.45, 7) is 4.63. The summed E-state index contributed by atoms with van der Waals surface area (Å²) in [7, 11) is 0. The summed E-state index contributed by atoms with van der Waals surface area (Å²) in [5.41, 5.74) is -0.0766. The van der Waals surface area contributed by atoms with Crippen molar-refractivity contribution in [2.45, 2.75) is 32.7 Å². The monoisotopic (exact) mass is 253 g/mol. The van der Waals surface area contributed by atoms with Gasteiger partial charge in [-0.25, -0.2) is 14.8 Å². The maximum absolute atomic E-state index is 10.7. The zero-order chi connectivity index (χ0) is 13.5. The third kappa shape index (κ3) is 3.40. The smallest absolute Gasteiger partial charge is 0.356 e. The molecule has 0 aromatic carbocycles. The van der Waals surface area contributed by atoms with E-state index in [0.29, 0.717) is 12.4 Å². The molecule has 0 spiro atoms. The zero-order valence-electron chi connectivity index (χ0n) is 10.7. The molecular formula is C12H19N3O3. The molecule has 1 aromatic rings. The standard InChI is InChI=1S/C12H19N3O3/c1-3-9(4-2)15(5-6-16)11-8-13-10(7-14-11)12(17)18/h7-9,16H,3-6H2,1-2H3,(H,17,18). The SMILES string of the molecule is CCC(CC)N(CCO)c1cnc(C(=O)O)cn1.